The first-order valence-electron chi connectivity index (χ1n) is 13.9. The van der Waals surface area contributed by atoms with Gasteiger partial charge in [-0.1, -0.05) is 41.5 Å². The van der Waals surface area contributed by atoms with Crippen LogP contribution in [0.1, 0.15) is 86.7 Å². The summed E-state index contributed by atoms with van der Waals surface area (Å²) in [5, 5.41) is 20.3. The SMILES string of the molecule is CC(C)(C)C1CCc2nc3sc(C#N)c(Br)c3cc2C1.CC(C)(C)C1CCc2nc3sc(C#N)c(N)c3cc2C1. The molecule has 0 aromatic carbocycles. The molecule has 2 N–H and O–H groups in total. The quantitative estimate of drug-likeness (QED) is 0.208. The summed E-state index contributed by atoms with van der Waals surface area (Å²) in [5.41, 5.74) is 12.4. The molecule has 0 saturated heterocycles. The average Bonchev–Trinajstić information content (AvgIpc) is 3.39. The minimum Gasteiger partial charge on any atom is -0.396 e. The Morgan fingerprint density at radius 3 is 1.73 bits per heavy atom. The van der Waals surface area contributed by atoms with Crippen LogP contribution >= 0.6 is 38.6 Å². The lowest BCUT2D eigenvalue weighted by Gasteiger charge is -2.34. The molecule has 4 aromatic heterocycles. The normalized spacial score (nSPS) is 18.8. The molecule has 2 aliphatic carbocycles. The molecule has 0 aliphatic heterocycles. The van der Waals surface area contributed by atoms with Crippen LogP contribution in [0.25, 0.3) is 20.4 Å². The van der Waals surface area contributed by atoms with Crippen molar-refractivity contribution in [3.63, 3.8) is 0 Å². The summed E-state index contributed by atoms with van der Waals surface area (Å²) in [6, 6.07) is 8.82. The molecule has 0 bridgehead atoms. The maximum atomic E-state index is 9.14. The Balaban J connectivity index is 0.000000161. The van der Waals surface area contributed by atoms with E-state index in [0.717, 1.165) is 55.5 Å². The van der Waals surface area contributed by atoms with Gasteiger partial charge >= 0.3 is 0 Å². The molecule has 0 radical (unpaired) electrons. The number of pyridine rings is 2. The summed E-state index contributed by atoms with van der Waals surface area (Å²) in [7, 11) is 0. The Hall–Kier alpha value is -2.52. The Kier molecular flexibility index (Phi) is 7.76. The monoisotopic (exact) mass is 633 g/mol. The van der Waals surface area contributed by atoms with E-state index >= 15 is 0 Å². The lowest BCUT2D eigenvalue weighted by Crippen LogP contribution is -2.27. The first-order valence-corrected chi connectivity index (χ1v) is 16.3. The van der Waals surface area contributed by atoms with Crippen LogP contribution in [-0.2, 0) is 25.7 Å². The van der Waals surface area contributed by atoms with E-state index in [4.69, 9.17) is 26.2 Å². The number of thiophene rings is 2. The fourth-order valence-corrected chi connectivity index (χ4v) is 8.49. The van der Waals surface area contributed by atoms with E-state index in [0.29, 0.717) is 33.2 Å². The molecule has 40 heavy (non-hydrogen) atoms. The molecule has 2 atom stereocenters. The van der Waals surface area contributed by atoms with Crippen molar-refractivity contribution in [1.29, 1.82) is 10.5 Å². The highest BCUT2D eigenvalue weighted by Gasteiger charge is 2.31. The van der Waals surface area contributed by atoms with Gasteiger partial charge in [0.15, 0.2) is 0 Å². The fraction of sp³-hybridized carbons (Fsp3) is 0.500. The van der Waals surface area contributed by atoms with Crippen LogP contribution in [0.4, 0.5) is 5.69 Å². The number of nitrogens with zero attached hydrogens (tertiary/aromatic N) is 4. The number of aromatic nitrogens is 2. The highest BCUT2D eigenvalue weighted by molar-refractivity contribution is 9.10. The van der Waals surface area contributed by atoms with E-state index in [1.165, 1.54) is 58.0 Å². The average molecular weight is 635 g/mol. The maximum absolute atomic E-state index is 9.14. The van der Waals surface area contributed by atoms with Crippen LogP contribution in [0.5, 0.6) is 0 Å². The van der Waals surface area contributed by atoms with E-state index in [-0.39, 0.29) is 0 Å². The van der Waals surface area contributed by atoms with Gasteiger partial charge < -0.3 is 5.73 Å². The molecule has 8 heteroatoms. The van der Waals surface area contributed by atoms with Gasteiger partial charge in [0.2, 0.25) is 0 Å². The molecule has 6 rings (SSSR count). The summed E-state index contributed by atoms with van der Waals surface area (Å²) >= 11 is 6.43. The topological polar surface area (TPSA) is 99.4 Å². The van der Waals surface area contributed by atoms with E-state index in [9.17, 15) is 0 Å². The van der Waals surface area contributed by atoms with Crippen molar-refractivity contribution in [1.82, 2.24) is 9.97 Å². The molecule has 2 aliphatic rings. The standard InChI is InChI=1S/C16H17BrN2S.C16H19N3S/c1-16(2,3)10-4-5-12-9(6-10)7-11-14(17)13(8-18)20-15(11)19-12;1-16(2,3)10-4-5-12-9(6-10)7-11-14(18)13(8-17)20-15(11)19-12/h7,10H,4-6H2,1-3H3;7,10H,4-6,18H2,1-3H3. The van der Waals surface area contributed by atoms with E-state index in [2.05, 4.69) is 81.7 Å². The number of nitrogens with two attached hydrogens (primary N) is 1. The molecule has 0 spiro atoms. The van der Waals surface area contributed by atoms with Gasteiger partial charge in [0.25, 0.3) is 0 Å². The van der Waals surface area contributed by atoms with E-state index < -0.39 is 0 Å². The number of hydrogen-bond donors (Lipinski definition) is 1. The number of fused-ring (bicyclic) bond motifs is 4. The third-order valence-electron chi connectivity index (χ3n) is 8.72. The van der Waals surface area contributed by atoms with Crippen LogP contribution in [-0.4, -0.2) is 9.97 Å². The van der Waals surface area contributed by atoms with Gasteiger partial charge in [-0.15, -0.1) is 22.7 Å². The van der Waals surface area contributed by atoms with Crippen LogP contribution in [0.3, 0.4) is 0 Å². The van der Waals surface area contributed by atoms with Crippen molar-refractivity contribution >= 4 is 64.7 Å². The number of aryl methyl sites for hydroxylation is 2. The molecule has 4 aromatic rings. The number of hydrogen-bond acceptors (Lipinski definition) is 7. The Labute approximate surface area is 253 Å². The number of nitrogen functional groups attached to an aromatic ring is 1. The van der Waals surface area contributed by atoms with Gasteiger partial charge in [0, 0.05) is 22.2 Å². The van der Waals surface area contributed by atoms with Gasteiger partial charge in [-0.05, 0) is 100 Å². The highest BCUT2D eigenvalue weighted by Crippen LogP contribution is 2.42. The number of nitriles is 2. The summed E-state index contributed by atoms with van der Waals surface area (Å²) in [6.07, 6.45) is 6.68. The fourth-order valence-electron chi connectivity index (χ4n) is 5.97. The first kappa shape index (κ1) is 29.0. The minimum atomic E-state index is 0.324. The van der Waals surface area contributed by atoms with E-state index in [1.807, 2.05) is 0 Å². The Bertz CT molecular complexity index is 1560. The van der Waals surface area contributed by atoms with Crippen molar-refractivity contribution in [2.45, 2.75) is 80.1 Å². The predicted octanol–water partition coefficient (Wildman–Crippen LogP) is 8.98. The van der Waals surface area contributed by atoms with Gasteiger partial charge in [-0.2, -0.15) is 10.5 Å². The third kappa shape index (κ3) is 5.51. The van der Waals surface area contributed by atoms with Crippen LogP contribution in [0.15, 0.2) is 16.6 Å². The summed E-state index contributed by atoms with van der Waals surface area (Å²) in [5.74, 6) is 1.40. The van der Waals surface area contributed by atoms with E-state index in [1.54, 1.807) is 0 Å². The second kappa shape index (κ2) is 10.7. The first-order chi connectivity index (χ1) is 18.8. The van der Waals surface area contributed by atoms with Crippen LogP contribution in [0, 0.1) is 45.3 Å². The van der Waals surface area contributed by atoms with Crippen molar-refractivity contribution in [3.05, 3.63) is 48.9 Å². The zero-order valence-electron chi connectivity index (χ0n) is 24.1. The summed E-state index contributed by atoms with van der Waals surface area (Å²) in [4.78, 5) is 12.8. The van der Waals surface area contributed by atoms with Gasteiger partial charge in [-0.25, -0.2) is 9.97 Å². The second-order valence-corrected chi connectivity index (χ2v) is 16.1. The molecule has 2 unspecified atom stereocenters. The molecule has 0 amide bonds. The zero-order chi connectivity index (χ0) is 29.0. The maximum Gasteiger partial charge on any atom is 0.130 e. The summed E-state index contributed by atoms with van der Waals surface area (Å²) in [6.45, 7) is 13.9. The highest BCUT2D eigenvalue weighted by atomic mass is 79.9. The van der Waals surface area contributed by atoms with Crippen molar-refractivity contribution < 1.29 is 0 Å². The smallest absolute Gasteiger partial charge is 0.130 e. The third-order valence-corrected chi connectivity index (χ3v) is 11.8. The zero-order valence-corrected chi connectivity index (χ0v) is 27.3. The molecule has 4 heterocycles. The second-order valence-electron chi connectivity index (χ2n) is 13.3. The molecule has 5 nitrogen and oxygen atoms in total. The Morgan fingerprint density at radius 1 is 0.800 bits per heavy atom. The largest absolute Gasteiger partial charge is 0.396 e. The molecule has 0 fully saturated rings. The molecule has 0 saturated carbocycles. The molecular weight excluding hydrogens is 598 g/mol. The van der Waals surface area contributed by atoms with Crippen molar-refractivity contribution in [2.75, 3.05) is 5.73 Å². The van der Waals surface area contributed by atoms with Crippen LogP contribution < -0.4 is 5.73 Å². The summed E-state index contributed by atoms with van der Waals surface area (Å²) < 4.78 is 0.910. The van der Waals surface area contributed by atoms with Crippen molar-refractivity contribution in [2.24, 2.45) is 22.7 Å². The van der Waals surface area contributed by atoms with Crippen LogP contribution in [0.2, 0.25) is 0 Å². The number of anilines is 1. The minimum absolute atomic E-state index is 0.324. The van der Waals surface area contributed by atoms with Crippen molar-refractivity contribution in [3.8, 4) is 12.1 Å². The lowest BCUT2D eigenvalue weighted by atomic mass is 9.71. The predicted molar refractivity (Wildman–Crippen MR) is 171 cm³/mol. The Morgan fingerprint density at radius 2 is 1.25 bits per heavy atom. The molecule has 208 valence electrons. The lowest BCUT2D eigenvalue weighted by molar-refractivity contribution is 0.215. The van der Waals surface area contributed by atoms with Gasteiger partial charge in [-0.3, -0.25) is 0 Å². The van der Waals surface area contributed by atoms with Gasteiger partial charge in [0.1, 0.15) is 31.6 Å². The molecular formula is C32H36BrN5S2. The van der Waals surface area contributed by atoms with Gasteiger partial charge in [0.05, 0.1) is 10.2 Å². The number of halogens is 1. The number of rotatable bonds is 0.